The van der Waals surface area contributed by atoms with E-state index in [1.54, 1.807) is 13.3 Å². The highest BCUT2D eigenvalue weighted by atomic mass is 16.5. The van der Waals surface area contributed by atoms with Gasteiger partial charge in [0, 0.05) is 5.69 Å². The molecule has 1 aromatic heterocycles. The van der Waals surface area contributed by atoms with Gasteiger partial charge in [-0.05, 0) is 55.3 Å². The van der Waals surface area contributed by atoms with E-state index < -0.39 is 0 Å². The minimum atomic E-state index is 0.472. The first kappa shape index (κ1) is 14.5. The zero-order valence-corrected chi connectivity index (χ0v) is 12.2. The van der Waals surface area contributed by atoms with Crippen molar-refractivity contribution < 1.29 is 4.74 Å². The highest BCUT2D eigenvalue weighted by Crippen LogP contribution is 2.17. The molecule has 106 valence electrons. The SMILES string of the molecule is COc1ccc(/C=N/Nc2nc(C)cc(C)c2C#N)cc1. The van der Waals surface area contributed by atoms with Gasteiger partial charge < -0.3 is 4.74 Å². The molecule has 0 unspecified atom stereocenters. The Kier molecular flexibility index (Phi) is 4.52. The fourth-order valence-corrected chi connectivity index (χ4v) is 1.92. The molecule has 0 atom stereocenters. The van der Waals surface area contributed by atoms with Gasteiger partial charge in [-0.3, -0.25) is 5.43 Å². The van der Waals surface area contributed by atoms with Crippen LogP contribution in [0.15, 0.2) is 35.4 Å². The maximum atomic E-state index is 9.17. The number of hydrogen-bond donors (Lipinski definition) is 1. The van der Waals surface area contributed by atoms with Crippen molar-refractivity contribution in [3.05, 3.63) is 52.7 Å². The van der Waals surface area contributed by atoms with E-state index >= 15 is 0 Å². The fourth-order valence-electron chi connectivity index (χ4n) is 1.92. The monoisotopic (exact) mass is 280 g/mol. The molecule has 0 bridgehead atoms. The van der Waals surface area contributed by atoms with Gasteiger partial charge in [-0.15, -0.1) is 0 Å². The molecule has 5 heteroatoms. The highest BCUT2D eigenvalue weighted by molar-refractivity contribution is 5.80. The second kappa shape index (κ2) is 6.53. The average molecular weight is 280 g/mol. The Morgan fingerprint density at radius 3 is 2.62 bits per heavy atom. The van der Waals surface area contributed by atoms with Crippen molar-refractivity contribution in [3.8, 4) is 11.8 Å². The topological polar surface area (TPSA) is 70.3 Å². The first-order valence-electron chi connectivity index (χ1n) is 6.45. The van der Waals surface area contributed by atoms with Crippen molar-refractivity contribution >= 4 is 12.0 Å². The normalized spacial score (nSPS) is 10.4. The molecule has 0 aliphatic carbocycles. The van der Waals surface area contributed by atoms with E-state index in [9.17, 15) is 0 Å². The first-order chi connectivity index (χ1) is 10.1. The molecule has 0 saturated carbocycles. The quantitative estimate of drug-likeness (QED) is 0.690. The molecular weight excluding hydrogens is 264 g/mol. The highest BCUT2D eigenvalue weighted by Gasteiger charge is 2.07. The summed E-state index contributed by atoms with van der Waals surface area (Å²) in [6.45, 7) is 3.76. The van der Waals surface area contributed by atoms with Crippen LogP contribution in [0.1, 0.15) is 22.4 Å². The smallest absolute Gasteiger partial charge is 0.164 e. The molecule has 2 aromatic rings. The summed E-state index contributed by atoms with van der Waals surface area (Å²) < 4.78 is 5.09. The van der Waals surface area contributed by atoms with E-state index in [1.165, 1.54) is 0 Å². The molecule has 0 fully saturated rings. The van der Waals surface area contributed by atoms with Crippen molar-refractivity contribution in [3.63, 3.8) is 0 Å². The Bertz CT molecular complexity index is 699. The van der Waals surface area contributed by atoms with E-state index in [4.69, 9.17) is 10.00 Å². The number of methoxy groups -OCH3 is 1. The van der Waals surface area contributed by atoms with E-state index in [0.29, 0.717) is 11.4 Å². The number of nitriles is 1. The second-order valence-corrected chi connectivity index (χ2v) is 4.56. The maximum absolute atomic E-state index is 9.17. The van der Waals surface area contributed by atoms with Crippen molar-refractivity contribution in [2.24, 2.45) is 5.10 Å². The van der Waals surface area contributed by atoms with Gasteiger partial charge in [0.25, 0.3) is 0 Å². The summed E-state index contributed by atoms with van der Waals surface area (Å²) in [5, 5.41) is 13.3. The molecule has 21 heavy (non-hydrogen) atoms. The number of benzene rings is 1. The Morgan fingerprint density at radius 1 is 1.29 bits per heavy atom. The molecule has 0 aliphatic heterocycles. The van der Waals surface area contributed by atoms with Crippen LogP contribution < -0.4 is 10.2 Å². The van der Waals surface area contributed by atoms with Crippen molar-refractivity contribution in [1.82, 2.24) is 4.98 Å². The van der Waals surface area contributed by atoms with Crippen molar-refractivity contribution in [2.45, 2.75) is 13.8 Å². The number of nitrogens with one attached hydrogen (secondary N) is 1. The lowest BCUT2D eigenvalue weighted by Gasteiger charge is -2.06. The van der Waals surface area contributed by atoms with Crippen LogP contribution in [0.2, 0.25) is 0 Å². The van der Waals surface area contributed by atoms with E-state index in [0.717, 1.165) is 22.6 Å². The molecule has 0 radical (unpaired) electrons. The second-order valence-electron chi connectivity index (χ2n) is 4.56. The minimum Gasteiger partial charge on any atom is -0.497 e. The van der Waals surface area contributed by atoms with Crippen LogP contribution in [0.3, 0.4) is 0 Å². The number of hydrazone groups is 1. The zero-order chi connectivity index (χ0) is 15.2. The average Bonchev–Trinajstić information content (AvgIpc) is 2.47. The molecule has 1 aromatic carbocycles. The Labute approximate surface area is 123 Å². The molecule has 5 nitrogen and oxygen atoms in total. The van der Waals surface area contributed by atoms with Crippen molar-refractivity contribution in [1.29, 1.82) is 5.26 Å². The third-order valence-corrected chi connectivity index (χ3v) is 2.96. The fraction of sp³-hybridized carbons (Fsp3) is 0.188. The van der Waals surface area contributed by atoms with Crippen molar-refractivity contribution in [2.75, 3.05) is 12.5 Å². The van der Waals surface area contributed by atoms with E-state index in [2.05, 4.69) is 21.6 Å². The lowest BCUT2D eigenvalue weighted by Crippen LogP contribution is -2.00. The Morgan fingerprint density at radius 2 is 2.00 bits per heavy atom. The summed E-state index contributed by atoms with van der Waals surface area (Å²) in [7, 11) is 1.62. The Balaban J connectivity index is 2.15. The molecule has 2 rings (SSSR count). The van der Waals surface area contributed by atoms with Crippen LogP contribution >= 0.6 is 0 Å². The molecule has 0 saturated heterocycles. The first-order valence-corrected chi connectivity index (χ1v) is 6.45. The van der Waals surface area contributed by atoms with Gasteiger partial charge in [0.15, 0.2) is 5.82 Å². The number of hydrogen-bond acceptors (Lipinski definition) is 5. The molecule has 0 amide bonds. The Hall–Kier alpha value is -2.87. The van der Waals surface area contributed by atoms with Crippen LogP contribution in [0.4, 0.5) is 5.82 Å². The number of anilines is 1. The van der Waals surface area contributed by atoms with Crippen LogP contribution in [0.5, 0.6) is 5.75 Å². The largest absolute Gasteiger partial charge is 0.497 e. The summed E-state index contributed by atoms with van der Waals surface area (Å²) >= 11 is 0. The number of rotatable bonds is 4. The van der Waals surface area contributed by atoms with E-state index in [-0.39, 0.29) is 0 Å². The van der Waals surface area contributed by atoms with Gasteiger partial charge in [0.1, 0.15) is 11.8 Å². The lowest BCUT2D eigenvalue weighted by atomic mass is 10.1. The summed E-state index contributed by atoms with van der Waals surface area (Å²) in [6, 6.07) is 11.5. The van der Waals surface area contributed by atoms with Crippen LogP contribution in [-0.2, 0) is 0 Å². The third kappa shape index (κ3) is 3.57. The third-order valence-electron chi connectivity index (χ3n) is 2.96. The number of aromatic nitrogens is 1. The van der Waals surface area contributed by atoms with Gasteiger partial charge >= 0.3 is 0 Å². The number of nitrogens with zero attached hydrogens (tertiary/aromatic N) is 3. The van der Waals surface area contributed by atoms with Gasteiger partial charge in [0.05, 0.1) is 18.9 Å². The van der Waals surface area contributed by atoms with Crippen LogP contribution in [-0.4, -0.2) is 18.3 Å². The lowest BCUT2D eigenvalue weighted by molar-refractivity contribution is 0.415. The summed E-state index contributed by atoms with van der Waals surface area (Å²) in [4.78, 5) is 4.30. The van der Waals surface area contributed by atoms with Crippen LogP contribution in [0, 0.1) is 25.2 Å². The maximum Gasteiger partial charge on any atom is 0.164 e. The predicted molar refractivity (Wildman–Crippen MR) is 82.6 cm³/mol. The zero-order valence-electron chi connectivity index (χ0n) is 12.2. The van der Waals surface area contributed by atoms with Gasteiger partial charge in [-0.25, -0.2) is 4.98 Å². The molecule has 0 aliphatic rings. The van der Waals surface area contributed by atoms with Gasteiger partial charge in [0.2, 0.25) is 0 Å². The van der Waals surface area contributed by atoms with Gasteiger partial charge in [-0.1, -0.05) is 0 Å². The minimum absolute atomic E-state index is 0.472. The standard InChI is InChI=1S/C16H16N4O/c1-11-8-12(2)19-16(15(11)9-17)20-18-10-13-4-6-14(21-3)7-5-13/h4-8,10H,1-3H3,(H,19,20)/b18-10+. The summed E-state index contributed by atoms with van der Waals surface area (Å²) in [6.07, 6.45) is 1.67. The predicted octanol–water partition coefficient (Wildman–Crippen LogP) is 3.02. The number of aryl methyl sites for hydroxylation is 2. The number of ether oxygens (including phenoxy) is 1. The van der Waals surface area contributed by atoms with Gasteiger partial charge in [-0.2, -0.15) is 10.4 Å². The summed E-state index contributed by atoms with van der Waals surface area (Å²) in [5.41, 5.74) is 5.98. The summed E-state index contributed by atoms with van der Waals surface area (Å²) in [5.74, 6) is 1.27. The van der Waals surface area contributed by atoms with E-state index in [1.807, 2.05) is 44.2 Å². The molecule has 1 N–H and O–H groups in total. The molecule has 1 heterocycles. The van der Waals surface area contributed by atoms with Crippen LogP contribution in [0.25, 0.3) is 0 Å². The number of pyridine rings is 1. The molecule has 0 spiro atoms. The molecular formula is C16H16N4O.